The number of hydrogen-bond acceptors (Lipinski definition) is 6. The summed E-state index contributed by atoms with van der Waals surface area (Å²) in [6, 6.07) is 4.81. The number of nitrogens with zero attached hydrogens (tertiary/aromatic N) is 2. The van der Waals surface area contributed by atoms with Crippen molar-refractivity contribution in [3.8, 4) is 0 Å². The maximum Gasteiger partial charge on any atom is 0.337 e. The summed E-state index contributed by atoms with van der Waals surface area (Å²) in [5.41, 5.74) is 0.576. The summed E-state index contributed by atoms with van der Waals surface area (Å²) >= 11 is 1.32. The van der Waals surface area contributed by atoms with Gasteiger partial charge < -0.3 is 10.1 Å². The van der Waals surface area contributed by atoms with Gasteiger partial charge in [0.2, 0.25) is 5.91 Å². The van der Waals surface area contributed by atoms with Crippen LogP contribution in [0, 0.1) is 23.7 Å². The van der Waals surface area contributed by atoms with Gasteiger partial charge in [-0.15, -0.1) is 0 Å². The molecule has 0 radical (unpaired) electrons. The Morgan fingerprint density at radius 1 is 1.14 bits per heavy atom. The summed E-state index contributed by atoms with van der Waals surface area (Å²) in [6.45, 7) is 6.50. The van der Waals surface area contributed by atoms with E-state index in [1.807, 2.05) is 6.92 Å². The van der Waals surface area contributed by atoms with Gasteiger partial charge in [-0.2, -0.15) is 0 Å². The van der Waals surface area contributed by atoms with E-state index >= 15 is 0 Å². The molecule has 7 nitrogen and oxygen atoms in total. The van der Waals surface area contributed by atoms with Gasteiger partial charge in [-0.3, -0.25) is 14.2 Å². The van der Waals surface area contributed by atoms with Crippen LogP contribution in [0.5, 0.6) is 0 Å². The van der Waals surface area contributed by atoms with E-state index in [-0.39, 0.29) is 22.9 Å². The number of benzene rings is 1. The van der Waals surface area contributed by atoms with Gasteiger partial charge in [-0.05, 0) is 87.3 Å². The van der Waals surface area contributed by atoms with E-state index in [1.54, 1.807) is 22.8 Å². The Kier molecular flexibility index (Phi) is 6.45. The number of fused-ring (bicyclic) bond motifs is 1. The fourth-order valence-electron chi connectivity index (χ4n) is 6.90. The Morgan fingerprint density at radius 3 is 2.34 bits per heavy atom. The van der Waals surface area contributed by atoms with Crippen LogP contribution in [-0.2, 0) is 16.1 Å². The predicted octanol–water partition coefficient (Wildman–Crippen LogP) is 4.40. The summed E-state index contributed by atoms with van der Waals surface area (Å²) < 4.78 is 6.50. The molecular weight excluding hydrogens is 462 g/mol. The van der Waals surface area contributed by atoms with Gasteiger partial charge in [0, 0.05) is 12.1 Å². The monoisotopic (exact) mass is 497 g/mol. The van der Waals surface area contributed by atoms with Crippen LogP contribution in [0.25, 0.3) is 10.9 Å². The molecule has 1 atom stereocenters. The Morgan fingerprint density at radius 2 is 1.77 bits per heavy atom. The summed E-state index contributed by atoms with van der Waals surface area (Å²) in [5, 5.41) is 4.02. The van der Waals surface area contributed by atoms with E-state index in [0.717, 1.165) is 37.0 Å². The van der Waals surface area contributed by atoms with Crippen LogP contribution in [0.2, 0.25) is 0 Å². The third kappa shape index (κ3) is 4.74. The average molecular weight is 498 g/mol. The van der Waals surface area contributed by atoms with E-state index < -0.39 is 11.2 Å². The van der Waals surface area contributed by atoms with Crippen molar-refractivity contribution in [2.45, 2.75) is 81.8 Å². The summed E-state index contributed by atoms with van der Waals surface area (Å²) in [5.74, 6) is 2.05. The lowest BCUT2D eigenvalue weighted by molar-refractivity contribution is -0.126. The first kappa shape index (κ1) is 24.3. The molecular formula is C27H35N3O4S. The Labute approximate surface area is 210 Å². The van der Waals surface area contributed by atoms with E-state index in [1.165, 1.54) is 38.1 Å². The minimum absolute atomic E-state index is 0.0192. The number of thioether (sulfide) groups is 1. The van der Waals surface area contributed by atoms with Gasteiger partial charge >= 0.3 is 5.97 Å². The minimum Gasteiger partial charge on any atom is -0.465 e. The van der Waals surface area contributed by atoms with E-state index in [9.17, 15) is 14.4 Å². The number of carbonyl (C=O) groups is 2. The second-order valence-electron chi connectivity index (χ2n) is 11.4. The van der Waals surface area contributed by atoms with E-state index in [2.05, 4.69) is 19.2 Å². The molecule has 6 rings (SSSR count). The molecule has 35 heavy (non-hydrogen) atoms. The first-order valence-corrected chi connectivity index (χ1v) is 13.7. The molecule has 0 aliphatic heterocycles. The predicted molar refractivity (Wildman–Crippen MR) is 137 cm³/mol. The van der Waals surface area contributed by atoms with Crippen molar-refractivity contribution in [1.29, 1.82) is 0 Å². The summed E-state index contributed by atoms with van der Waals surface area (Å²) in [4.78, 5) is 43.5. The van der Waals surface area contributed by atoms with E-state index in [0.29, 0.717) is 28.2 Å². The lowest BCUT2D eigenvalue weighted by atomic mass is 9.53. The van der Waals surface area contributed by atoms with Crippen molar-refractivity contribution in [2.24, 2.45) is 23.7 Å². The molecule has 8 heteroatoms. The van der Waals surface area contributed by atoms with Crippen molar-refractivity contribution in [3.63, 3.8) is 0 Å². The van der Waals surface area contributed by atoms with Crippen LogP contribution in [0.15, 0.2) is 28.2 Å². The fourth-order valence-corrected chi connectivity index (χ4v) is 7.82. The average Bonchev–Trinajstić information content (AvgIpc) is 2.79. The molecule has 1 N–H and O–H groups in total. The van der Waals surface area contributed by atoms with Crippen LogP contribution >= 0.6 is 11.8 Å². The highest BCUT2D eigenvalue weighted by molar-refractivity contribution is 8.00. The Balaban J connectivity index is 1.42. The number of amides is 1. The number of aromatic nitrogens is 2. The van der Waals surface area contributed by atoms with Crippen molar-refractivity contribution in [1.82, 2.24) is 14.9 Å². The zero-order valence-electron chi connectivity index (χ0n) is 21.0. The first-order chi connectivity index (χ1) is 16.7. The molecule has 1 aromatic heterocycles. The Bertz CT molecular complexity index is 1190. The maximum atomic E-state index is 13.4. The number of esters is 1. The molecule has 1 unspecified atom stereocenters. The normalized spacial score (nSPS) is 27.9. The van der Waals surface area contributed by atoms with Gasteiger partial charge in [0.25, 0.3) is 5.56 Å². The van der Waals surface area contributed by atoms with Gasteiger partial charge in [0.15, 0.2) is 5.16 Å². The van der Waals surface area contributed by atoms with Crippen molar-refractivity contribution >= 4 is 34.5 Å². The molecule has 4 aliphatic rings. The molecule has 4 bridgehead atoms. The molecule has 188 valence electrons. The molecule has 0 spiro atoms. The van der Waals surface area contributed by atoms with E-state index in [4.69, 9.17) is 9.72 Å². The largest absolute Gasteiger partial charge is 0.465 e. The lowest BCUT2D eigenvalue weighted by Crippen LogP contribution is -2.60. The molecule has 1 aromatic carbocycles. The molecule has 4 aliphatic carbocycles. The molecule has 4 saturated carbocycles. The van der Waals surface area contributed by atoms with Crippen molar-refractivity contribution < 1.29 is 14.3 Å². The van der Waals surface area contributed by atoms with Gasteiger partial charge in [0.1, 0.15) is 0 Å². The zero-order valence-corrected chi connectivity index (χ0v) is 21.8. The lowest BCUT2D eigenvalue weighted by Gasteiger charge is -2.57. The highest BCUT2D eigenvalue weighted by atomic mass is 32.2. The quantitative estimate of drug-likeness (QED) is 0.346. The van der Waals surface area contributed by atoms with Crippen LogP contribution in [0.3, 0.4) is 0 Å². The number of methoxy groups -OCH3 is 1. The summed E-state index contributed by atoms with van der Waals surface area (Å²) in [7, 11) is 1.33. The third-order valence-corrected chi connectivity index (χ3v) is 9.06. The van der Waals surface area contributed by atoms with Crippen LogP contribution < -0.4 is 10.9 Å². The fraction of sp³-hybridized carbons (Fsp3) is 0.630. The standard InChI is InChI=1S/C27H35N3O4S/c1-15(2)14-30-24(32)21-6-5-20(25(33)34-4)10-22(21)28-26(30)35-16(3)23(31)29-27-11-17-7-18(12-27)9-19(8-17)13-27/h5-6,10,15-19H,7-9,11-14H2,1-4H3,(H,29,31). The zero-order chi connectivity index (χ0) is 24.9. The van der Waals surface area contributed by atoms with Crippen LogP contribution in [-0.4, -0.2) is 39.3 Å². The molecule has 4 fully saturated rings. The topological polar surface area (TPSA) is 90.3 Å². The number of rotatable bonds is 7. The van der Waals surface area contributed by atoms with Gasteiger partial charge in [-0.1, -0.05) is 25.6 Å². The summed E-state index contributed by atoms with van der Waals surface area (Å²) in [6.07, 6.45) is 7.29. The number of hydrogen-bond donors (Lipinski definition) is 1. The number of carbonyl (C=O) groups excluding carboxylic acids is 2. The van der Waals surface area contributed by atoms with Gasteiger partial charge in [0.05, 0.1) is 28.8 Å². The van der Waals surface area contributed by atoms with Gasteiger partial charge in [-0.25, -0.2) is 9.78 Å². The Hall–Kier alpha value is -2.35. The molecule has 1 amide bonds. The minimum atomic E-state index is -0.474. The molecule has 2 aromatic rings. The second kappa shape index (κ2) is 9.26. The molecule has 1 heterocycles. The highest BCUT2D eigenvalue weighted by Crippen LogP contribution is 2.55. The maximum absolute atomic E-state index is 13.4. The van der Waals surface area contributed by atoms with Crippen LogP contribution in [0.1, 0.15) is 69.7 Å². The second-order valence-corrected chi connectivity index (χ2v) is 12.7. The number of nitrogens with one attached hydrogen (secondary N) is 1. The smallest absolute Gasteiger partial charge is 0.337 e. The van der Waals surface area contributed by atoms with Crippen LogP contribution in [0.4, 0.5) is 0 Å². The first-order valence-electron chi connectivity index (χ1n) is 12.8. The van der Waals surface area contributed by atoms with Crippen molar-refractivity contribution in [3.05, 3.63) is 34.1 Å². The third-order valence-electron chi connectivity index (χ3n) is 7.97. The number of ether oxygens (including phenoxy) is 1. The van der Waals surface area contributed by atoms with Crippen molar-refractivity contribution in [2.75, 3.05) is 7.11 Å². The SMILES string of the molecule is COC(=O)c1ccc2c(=O)n(CC(C)C)c(SC(C)C(=O)NC34CC5CC(CC(C5)C3)C4)nc2c1. The molecule has 0 saturated heterocycles. The highest BCUT2D eigenvalue weighted by Gasteiger charge is 2.51.